The number of ether oxygens (including phenoxy) is 1. The Hall–Kier alpha value is 2.12. The van der Waals surface area contributed by atoms with E-state index in [4.69, 9.17) is 38.0 Å². The Kier molecular flexibility index (Phi) is 19.6. The van der Waals surface area contributed by atoms with Crippen molar-refractivity contribution in [2.24, 2.45) is 0 Å². The predicted molar refractivity (Wildman–Crippen MR) is 138 cm³/mol. The van der Waals surface area contributed by atoms with Gasteiger partial charge in [0.05, 0.1) is 18.8 Å². The minimum atomic E-state index is -0.299. The summed E-state index contributed by atoms with van der Waals surface area (Å²) in [5, 5.41) is 20.7. The van der Waals surface area contributed by atoms with Crippen LogP contribution in [0.1, 0.15) is 58.5 Å². The SMILES string of the molecule is C.Clc1ccc(C2([C@@H]3CO3)CCC2)cc1.O=CO[O-].O[C@@H](CBr)C1(c2ccc(Cl)cc2)CCC1.[H-].[K+].[K+]. The summed E-state index contributed by atoms with van der Waals surface area (Å²) in [5.41, 5.74) is 2.93. The smallest absolute Gasteiger partial charge is 1.00 e. The second-order valence-corrected chi connectivity index (χ2v) is 10.2. The molecule has 0 aromatic heterocycles. The fourth-order valence-corrected chi connectivity index (χ4v) is 5.68. The number of hydrogen-bond acceptors (Lipinski definition) is 5. The number of halogens is 3. The summed E-state index contributed by atoms with van der Waals surface area (Å²) in [4.78, 5) is 11.2. The molecule has 2 saturated carbocycles. The topological polar surface area (TPSA) is 82.1 Å². The van der Waals surface area contributed by atoms with Crippen LogP contribution >= 0.6 is 39.1 Å². The zero-order chi connectivity index (χ0) is 23.9. The number of rotatable bonds is 6. The minimum absolute atomic E-state index is 0. The van der Waals surface area contributed by atoms with Crippen molar-refractivity contribution < 1.29 is 129 Å². The van der Waals surface area contributed by atoms with Gasteiger partial charge in [0.25, 0.3) is 6.47 Å². The van der Waals surface area contributed by atoms with Crippen LogP contribution in [-0.4, -0.2) is 35.7 Å². The average Bonchev–Trinajstić information content (AvgIpc) is 3.61. The molecule has 0 amide bonds. The summed E-state index contributed by atoms with van der Waals surface area (Å²) < 4.78 is 5.47. The molecule has 1 aliphatic heterocycles. The van der Waals surface area contributed by atoms with Gasteiger partial charge in [0, 0.05) is 26.2 Å². The van der Waals surface area contributed by atoms with Crippen LogP contribution in [-0.2, 0) is 25.2 Å². The predicted octanol–water partition coefficient (Wildman–Crippen LogP) is -0.131. The van der Waals surface area contributed by atoms with Gasteiger partial charge >= 0.3 is 103 Å². The molecule has 5 rings (SSSR count). The second-order valence-electron chi connectivity index (χ2n) is 8.72. The molecule has 1 heterocycles. The fourth-order valence-electron chi connectivity index (χ4n) is 4.80. The molecule has 3 fully saturated rings. The number of aliphatic hydroxyl groups excluding tert-OH is 1. The van der Waals surface area contributed by atoms with E-state index in [0.29, 0.717) is 16.8 Å². The van der Waals surface area contributed by atoms with Crippen molar-refractivity contribution in [3.05, 3.63) is 69.7 Å². The van der Waals surface area contributed by atoms with E-state index in [1.54, 1.807) is 0 Å². The van der Waals surface area contributed by atoms with Crippen molar-refractivity contribution in [2.75, 3.05) is 11.9 Å². The van der Waals surface area contributed by atoms with Gasteiger partial charge in [-0.05, 0) is 61.1 Å². The maximum absolute atomic E-state index is 10.1. The third-order valence-electron chi connectivity index (χ3n) is 7.10. The van der Waals surface area contributed by atoms with E-state index in [-0.39, 0.29) is 130 Å². The van der Waals surface area contributed by atoms with Crippen LogP contribution in [0.15, 0.2) is 48.5 Å². The molecule has 10 heteroatoms. The van der Waals surface area contributed by atoms with Crippen LogP contribution in [0, 0.1) is 0 Å². The maximum Gasteiger partial charge on any atom is 1.00 e. The molecule has 0 unspecified atom stereocenters. The first-order valence-corrected chi connectivity index (χ1v) is 12.9. The summed E-state index contributed by atoms with van der Waals surface area (Å²) in [7, 11) is 0. The summed E-state index contributed by atoms with van der Waals surface area (Å²) in [5.74, 6) is 0. The van der Waals surface area contributed by atoms with Crippen LogP contribution in [0.2, 0.25) is 10.0 Å². The van der Waals surface area contributed by atoms with Crippen molar-refractivity contribution >= 4 is 45.6 Å². The molecular weight excluding hydrogens is 621 g/mol. The molecule has 36 heavy (non-hydrogen) atoms. The Morgan fingerprint density at radius 3 is 1.72 bits per heavy atom. The molecule has 0 bridgehead atoms. The largest absolute Gasteiger partial charge is 1.00 e. The van der Waals surface area contributed by atoms with Gasteiger partial charge in [-0.3, -0.25) is 4.79 Å². The van der Waals surface area contributed by atoms with E-state index < -0.39 is 0 Å². The van der Waals surface area contributed by atoms with Crippen LogP contribution in [0.3, 0.4) is 0 Å². The molecule has 2 aromatic rings. The van der Waals surface area contributed by atoms with Crippen molar-refractivity contribution in [3.8, 4) is 0 Å². The second kappa shape index (κ2) is 18.5. The molecule has 190 valence electrons. The monoisotopic (exact) mass is 652 g/mol. The van der Waals surface area contributed by atoms with Crippen molar-refractivity contribution in [1.82, 2.24) is 0 Å². The Labute approximate surface area is 319 Å². The number of benzene rings is 2. The van der Waals surface area contributed by atoms with E-state index in [1.165, 1.54) is 36.8 Å². The minimum Gasteiger partial charge on any atom is -1.00 e. The number of carbonyl (C=O) groups excluding carboxylic acids is 1. The average molecular weight is 655 g/mol. The summed E-state index contributed by atoms with van der Waals surface area (Å²) >= 11 is 15.1. The van der Waals surface area contributed by atoms with E-state index in [1.807, 2.05) is 36.4 Å². The molecule has 1 saturated heterocycles. The zero-order valence-electron chi connectivity index (χ0n) is 21.2. The van der Waals surface area contributed by atoms with Gasteiger partial charge in [-0.2, -0.15) is 0 Å². The maximum atomic E-state index is 10.1. The molecular formula is C26H33BrCl2K2O5. The van der Waals surface area contributed by atoms with Gasteiger partial charge in [-0.15, -0.1) is 0 Å². The third kappa shape index (κ3) is 9.60. The first kappa shape index (κ1) is 38.1. The number of epoxide rings is 1. The van der Waals surface area contributed by atoms with Gasteiger partial charge in [0.1, 0.15) is 0 Å². The van der Waals surface area contributed by atoms with Gasteiger partial charge in [-0.25, -0.2) is 0 Å². The van der Waals surface area contributed by atoms with E-state index in [2.05, 4.69) is 33.0 Å². The fraction of sp³-hybridized carbons (Fsp3) is 0.500. The van der Waals surface area contributed by atoms with E-state index >= 15 is 0 Å². The first-order valence-electron chi connectivity index (χ1n) is 11.0. The quantitative estimate of drug-likeness (QED) is 0.117. The van der Waals surface area contributed by atoms with Crippen molar-refractivity contribution in [2.45, 2.75) is 69.0 Å². The van der Waals surface area contributed by atoms with Crippen molar-refractivity contribution in [1.29, 1.82) is 0 Å². The molecule has 2 aromatic carbocycles. The van der Waals surface area contributed by atoms with Crippen LogP contribution in [0.25, 0.3) is 0 Å². The summed E-state index contributed by atoms with van der Waals surface area (Å²) in [6.07, 6.45) is 7.42. The first-order chi connectivity index (χ1) is 15.9. The van der Waals surface area contributed by atoms with Gasteiger partial charge in [0.2, 0.25) is 0 Å². The molecule has 0 spiro atoms. The normalized spacial score (nSPS) is 20.2. The Balaban J connectivity index is 0. The summed E-state index contributed by atoms with van der Waals surface area (Å²) in [6.45, 7) is 0.766. The molecule has 0 radical (unpaired) electrons. The van der Waals surface area contributed by atoms with Gasteiger partial charge in [0.15, 0.2) is 0 Å². The van der Waals surface area contributed by atoms with Crippen LogP contribution < -0.4 is 108 Å². The number of aliphatic hydroxyl groups is 1. The third-order valence-corrected chi connectivity index (χ3v) is 8.22. The van der Waals surface area contributed by atoms with E-state index in [0.717, 1.165) is 29.5 Å². The molecule has 1 N–H and O–H groups in total. The number of carbonyl (C=O) groups is 1. The van der Waals surface area contributed by atoms with Gasteiger partial charge in [-0.1, -0.05) is 83.7 Å². The van der Waals surface area contributed by atoms with Gasteiger partial charge < -0.3 is 21.4 Å². The zero-order valence-corrected chi connectivity index (χ0v) is 29.6. The summed E-state index contributed by atoms with van der Waals surface area (Å²) in [6, 6.07) is 16.2. The molecule has 2 atom stereocenters. The Bertz CT molecular complexity index is 897. The number of hydrogen-bond donors (Lipinski definition) is 1. The molecule has 3 aliphatic rings. The Morgan fingerprint density at radius 2 is 1.44 bits per heavy atom. The van der Waals surface area contributed by atoms with Crippen LogP contribution in [0.4, 0.5) is 0 Å². The van der Waals surface area contributed by atoms with E-state index in [9.17, 15) is 5.11 Å². The standard InChI is InChI=1S/C12H14BrClO.C12H13ClO.CH2O3.CH4.2K.H/c13-8-11(15)12(6-1-7-12)9-2-4-10(14)5-3-9;13-10-4-2-9(3-5-10)12(6-1-7-12)11-8-14-11;2-1-4-3;;;;/h2-5,11,15H,1,6-8H2;2-5,11H,1,6-8H2;1,3H;1H4;;;/q;;;;2*+1;-1/p-1/t2*11-;;;;;/m00...../s1. The Morgan fingerprint density at radius 1 is 1.03 bits per heavy atom. The van der Waals surface area contributed by atoms with Crippen molar-refractivity contribution in [3.63, 3.8) is 0 Å². The molecule has 2 aliphatic carbocycles. The number of alkyl halides is 1. The van der Waals surface area contributed by atoms with Crippen LogP contribution in [0.5, 0.6) is 0 Å². The molecule has 5 nitrogen and oxygen atoms in total.